The molecule has 0 radical (unpaired) electrons. The molecule has 2 heterocycles. The number of halogens is 1. The van der Waals surface area contributed by atoms with Crippen LogP contribution in [0.3, 0.4) is 0 Å². The first kappa shape index (κ1) is 19.5. The standard InChI is InChI=1S/C20H21ClN4OS2/c1-13(14-4-6-15(21)7-5-14)22-19(26)12-28-20-24-23-18(25(20)16-8-9-16)11-17-3-2-10-27-17/h2-7,10,13,16H,8-9,11-12H2,1H3,(H,22,26)/t13-/m1/s1. The highest BCUT2D eigenvalue weighted by Gasteiger charge is 2.30. The Kier molecular flexibility index (Phi) is 6.04. The van der Waals surface area contributed by atoms with Crippen LogP contribution in [0.25, 0.3) is 0 Å². The molecule has 1 saturated carbocycles. The summed E-state index contributed by atoms with van der Waals surface area (Å²) in [6.07, 6.45) is 3.10. The van der Waals surface area contributed by atoms with E-state index in [1.165, 1.54) is 16.6 Å². The Morgan fingerprint density at radius 1 is 1.32 bits per heavy atom. The molecule has 5 nitrogen and oxygen atoms in total. The van der Waals surface area contributed by atoms with Crippen molar-refractivity contribution in [3.63, 3.8) is 0 Å². The average molecular weight is 433 g/mol. The molecule has 2 aromatic heterocycles. The third-order valence-electron chi connectivity index (χ3n) is 4.64. The molecule has 1 atom stereocenters. The SMILES string of the molecule is C[C@@H](NC(=O)CSc1nnc(Cc2cccs2)n1C1CC1)c1ccc(Cl)cc1. The first-order valence-electron chi connectivity index (χ1n) is 9.24. The molecule has 1 aliphatic carbocycles. The van der Waals surface area contributed by atoms with Crippen LogP contribution >= 0.6 is 34.7 Å². The van der Waals surface area contributed by atoms with E-state index in [9.17, 15) is 4.79 Å². The number of carbonyl (C=O) groups is 1. The van der Waals surface area contributed by atoms with Gasteiger partial charge in [0.25, 0.3) is 0 Å². The minimum Gasteiger partial charge on any atom is -0.349 e. The van der Waals surface area contributed by atoms with Gasteiger partial charge in [0.2, 0.25) is 5.91 Å². The molecule has 0 spiro atoms. The fourth-order valence-electron chi connectivity index (χ4n) is 3.04. The summed E-state index contributed by atoms with van der Waals surface area (Å²) < 4.78 is 2.22. The number of thioether (sulfide) groups is 1. The van der Waals surface area contributed by atoms with E-state index in [1.54, 1.807) is 11.3 Å². The van der Waals surface area contributed by atoms with Gasteiger partial charge >= 0.3 is 0 Å². The van der Waals surface area contributed by atoms with Crippen LogP contribution in [0.4, 0.5) is 0 Å². The molecule has 1 fully saturated rings. The number of benzene rings is 1. The number of nitrogens with zero attached hydrogens (tertiary/aromatic N) is 3. The Bertz CT molecular complexity index is 936. The second kappa shape index (κ2) is 8.68. The van der Waals surface area contributed by atoms with Crippen molar-refractivity contribution >= 4 is 40.6 Å². The highest BCUT2D eigenvalue weighted by molar-refractivity contribution is 7.99. The van der Waals surface area contributed by atoms with E-state index >= 15 is 0 Å². The molecule has 1 aliphatic rings. The van der Waals surface area contributed by atoms with Gasteiger partial charge in [-0.2, -0.15) is 0 Å². The van der Waals surface area contributed by atoms with Crippen LogP contribution in [0, 0.1) is 0 Å². The van der Waals surface area contributed by atoms with Gasteiger partial charge in [0.1, 0.15) is 5.82 Å². The Labute approximate surface area is 177 Å². The van der Waals surface area contributed by atoms with E-state index in [2.05, 4.69) is 37.6 Å². The second-order valence-electron chi connectivity index (χ2n) is 6.89. The maximum absolute atomic E-state index is 12.4. The van der Waals surface area contributed by atoms with Crippen LogP contribution in [-0.2, 0) is 11.2 Å². The van der Waals surface area contributed by atoms with Crippen molar-refractivity contribution in [1.29, 1.82) is 0 Å². The van der Waals surface area contributed by atoms with Gasteiger partial charge in [-0.05, 0) is 48.9 Å². The third kappa shape index (κ3) is 4.77. The maximum Gasteiger partial charge on any atom is 0.230 e. The molecule has 0 saturated heterocycles. The van der Waals surface area contributed by atoms with Crippen molar-refractivity contribution in [3.05, 3.63) is 63.1 Å². The number of aromatic nitrogens is 3. The summed E-state index contributed by atoms with van der Waals surface area (Å²) in [5, 5.41) is 15.4. The first-order chi connectivity index (χ1) is 13.6. The molecular weight excluding hydrogens is 412 g/mol. The van der Waals surface area contributed by atoms with Gasteiger partial charge in [0, 0.05) is 22.4 Å². The lowest BCUT2D eigenvalue weighted by atomic mass is 10.1. The lowest BCUT2D eigenvalue weighted by Gasteiger charge is -2.14. The average Bonchev–Trinajstić information content (AvgIpc) is 3.23. The largest absolute Gasteiger partial charge is 0.349 e. The predicted molar refractivity (Wildman–Crippen MR) is 114 cm³/mol. The van der Waals surface area contributed by atoms with Crippen molar-refractivity contribution in [3.8, 4) is 0 Å². The minimum absolute atomic E-state index is 0.0161. The fraction of sp³-hybridized carbons (Fsp3) is 0.350. The first-order valence-corrected chi connectivity index (χ1v) is 11.5. The van der Waals surface area contributed by atoms with Crippen LogP contribution in [0.2, 0.25) is 5.02 Å². The highest BCUT2D eigenvalue weighted by atomic mass is 35.5. The zero-order valence-corrected chi connectivity index (χ0v) is 17.9. The Morgan fingerprint density at radius 2 is 2.11 bits per heavy atom. The third-order valence-corrected chi connectivity index (χ3v) is 6.71. The normalized spacial score (nSPS) is 14.8. The molecule has 0 bridgehead atoms. The Hall–Kier alpha value is -1.83. The number of rotatable bonds is 8. The van der Waals surface area contributed by atoms with E-state index in [4.69, 9.17) is 11.6 Å². The van der Waals surface area contributed by atoms with Gasteiger partial charge in [0.05, 0.1) is 11.8 Å². The molecule has 1 aromatic carbocycles. The summed E-state index contributed by atoms with van der Waals surface area (Å²) in [6, 6.07) is 12.1. The molecule has 8 heteroatoms. The molecule has 0 unspecified atom stereocenters. The summed E-state index contributed by atoms with van der Waals surface area (Å²) in [4.78, 5) is 13.7. The van der Waals surface area contributed by atoms with E-state index in [0.717, 1.165) is 35.8 Å². The molecular formula is C20H21ClN4OS2. The molecule has 146 valence electrons. The van der Waals surface area contributed by atoms with Gasteiger partial charge in [-0.15, -0.1) is 21.5 Å². The summed E-state index contributed by atoms with van der Waals surface area (Å²) in [6.45, 7) is 1.97. The van der Waals surface area contributed by atoms with E-state index in [0.29, 0.717) is 16.8 Å². The number of amides is 1. The minimum atomic E-state index is -0.0685. The molecule has 1 amide bonds. The van der Waals surface area contributed by atoms with Gasteiger partial charge in [-0.1, -0.05) is 41.6 Å². The van der Waals surface area contributed by atoms with Crippen LogP contribution in [0.1, 0.15) is 48.1 Å². The summed E-state index contributed by atoms with van der Waals surface area (Å²) in [7, 11) is 0. The van der Waals surface area contributed by atoms with Gasteiger partial charge < -0.3 is 9.88 Å². The lowest BCUT2D eigenvalue weighted by Crippen LogP contribution is -2.28. The van der Waals surface area contributed by atoms with Crippen molar-refractivity contribution in [2.24, 2.45) is 0 Å². The van der Waals surface area contributed by atoms with Crippen LogP contribution in [-0.4, -0.2) is 26.4 Å². The Morgan fingerprint density at radius 3 is 2.79 bits per heavy atom. The molecule has 3 aromatic rings. The van der Waals surface area contributed by atoms with Crippen LogP contribution in [0.5, 0.6) is 0 Å². The van der Waals surface area contributed by atoms with Crippen molar-refractivity contribution in [1.82, 2.24) is 20.1 Å². The number of hydrogen-bond donors (Lipinski definition) is 1. The number of nitrogens with one attached hydrogen (secondary N) is 1. The maximum atomic E-state index is 12.4. The zero-order valence-electron chi connectivity index (χ0n) is 15.5. The van der Waals surface area contributed by atoms with Crippen LogP contribution < -0.4 is 5.32 Å². The van der Waals surface area contributed by atoms with Crippen LogP contribution in [0.15, 0.2) is 46.9 Å². The lowest BCUT2D eigenvalue weighted by molar-refractivity contribution is -0.119. The molecule has 1 N–H and O–H groups in total. The van der Waals surface area contributed by atoms with Gasteiger partial charge in [-0.25, -0.2) is 0 Å². The van der Waals surface area contributed by atoms with Crippen molar-refractivity contribution in [2.45, 2.75) is 43.4 Å². The number of hydrogen-bond acceptors (Lipinski definition) is 5. The van der Waals surface area contributed by atoms with E-state index in [-0.39, 0.29) is 11.9 Å². The smallest absolute Gasteiger partial charge is 0.230 e. The summed E-state index contributed by atoms with van der Waals surface area (Å²) in [5.41, 5.74) is 1.03. The predicted octanol–water partition coefficient (Wildman–Crippen LogP) is 4.89. The Balaban J connectivity index is 1.37. The summed E-state index contributed by atoms with van der Waals surface area (Å²) >= 11 is 9.11. The zero-order chi connectivity index (χ0) is 19.5. The highest BCUT2D eigenvalue weighted by Crippen LogP contribution is 2.39. The van der Waals surface area contributed by atoms with Gasteiger partial charge in [0.15, 0.2) is 5.16 Å². The fourth-order valence-corrected chi connectivity index (χ4v) is 4.71. The molecule has 28 heavy (non-hydrogen) atoms. The number of thiophene rings is 1. The monoisotopic (exact) mass is 432 g/mol. The van der Waals surface area contributed by atoms with Crippen molar-refractivity contribution in [2.75, 3.05) is 5.75 Å². The van der Waals surface area contributed by atoms with E-state index in [1.807, 2.05) is 31.2 Å². The van der Waals surface area contributed by atoms with Gasteiger partial charge in [-0.3, -0.25) is 4.79 Å². The quantitative estimate of drug-likeness (QED) is 0.515. The number of carbonyl (C=O) groups excluding carboxylic acids is 1. The van der Waals surface area contributed by atoms with Crippen molar-refractivity contribution < 1.29 is 4.79 Å². The second-order valence-corrected chi connectivity index (χ2v) is 9.30. The van der Waals surface area contributed by atoms with E-state index < -0.39 is 0 Å². The molecule has 0 aliphatic heterocycles. The molecule has 4 rings (SSSR count). The summed E-state index contributed by atoms with van der Waals surface area (Å²) in [5.74, 6) is 1.29. The topological polar surface area (TPSA) is 59.8 Å².